The molecule has 0 amide bonds. The number of fused-ring (bicyclic) bond motifs is 1. The lowest BCUT2D eigenvalue weighted by Gasteiger charge is -2.03. The summed E-state index contributed by atoms with van der Waals surface area (Å²) in [7, 11) is 0. The normalized spacial score (nSPS) is 10.7. The van der Waals surface area contributed by atoms with Crippen LogP contribution in [0.2, 0.25) is 0 Å². The minimum absolute atomic E-state index is 0.149. The molecule has 0 aliphatic carbocycles. The van der Waals surface area contributed by atoms with E-state index in [-0.39, 0.29) is 6.42 Å². The number of aromatic nitrogens is 2. The number of aliphatic carboxylic acids is 1. The number of imidazole rings is 1. The predicted molar refractivity (Wildman–Crippen MR) is 55.9 cm³/mol. The molecule has 0 atom stereocenters. The second-order valence-corrected chi connectivity index (χ2v) is 3.50. The average Bonchev–Trinajstić information content (AvgIpc) is 2.58. The van der Waals surface area contributed by atoms with Gasteiger partial charge in [0.15, 0.2) is 0 Å². The first-order valence-electron chi connectivity index (χ1n) is 4.82. The van der Waals surface area contributed by atoms with Crippen molar-refractivity contribution in [1.82, 2.24) is 9.38 Å². The van der Waals surface area contributed by atoms with Gasteiger partial charge in [0.2, 0.25) is 0 Å². The van der Waals surface area contributed by atoms with Gasteiger partial charge in [0.1, 0.15) is 0 Å². The maximum Gasteiger partial charge on any atom is 0.303 e. The van der Waals surface area contributed by atoms with E-state index in [0.29, 0.717) is 6.42 Å². The van der Waals surface area contributed by atoms with Crippen molar-refractivity contribution < 1.29 is 9.90 Å². The maximum atomic E-state index is 10.5. The molecule has 2 heterocycles. The van der Waals surface area contributed by atoms with Crippen molar-refractivity contribution in [3.8, 4) is 0 Å². The fraction of sp³-hybridized carbons (Fsp3) is 0.273. The van der Waals surface area contributed by atoms with Crippen molar-refractivity contribution in [2.45, 2.75) is 19.8 Å². The van der Waals surface area contributed by atoms with Crippen molar-refractivity contribution in [2.24, 2.45) is 0 Å². The smallest absolute Gasteiger partial charge is 0.303 e. The second-order valence-electron chi connectivity index (χ2n) is 3.50. The molecule has 2 aromatic heterocycles. The van der Waals surface area contributed by atoms with E-state index in [2.05, 4.69) is 4.98 Å². The first-order valence-corrected chi connectivity index (χ1v) is 4.82. The van der Waals surface area contributed by atoms with Gasteiger partial charge in [-0.2, -0.15) is 0 Å². The molecule has 0 saturated carbocycles. The number of hydrogen-bond acceptors (Lipinski definition) is 2. The van der Waals surface area contributed by atoms with E-state index in [9.17, 15) is 4.79 Å². The highest BCUT2D eigenvalue weighted by Crippen LogP contribution is 2.12. The van der Waals surface area contributed by atoms with Gasteiger partial charge < -0.3 is 9.51 Å². The summed E-state index contributed by atoms with van der Waals surface area (Å²) >= 11 is 0. The topological polar surface area (TPSA) is 54.6 Å². The molecule has 0 unspecified atom stereocenters. The summed E-state index contributed by atoms with van der Waals surface area (Å²) in [6, 6.07) is 5.84. The van der Waals surface area contributed by atoms with E-state index in [4.69, 9.17) is 5.11 Å². The van der Waals surface area contributed by atoms with E-state index >= 15 is 0 Å². The van der Waals surface area contributed by atoms with Gasteiger partial charge >= 0.3 is 5.97 Å². The van der Waals surface area contributed by atoms with Crippen molar-refractivity contribution in [1.29, 1.82) is 0 Å². The Labute approximate surface area is 87.2 Å². The number of carbonyl (C=O) groups is 1. The van der Waals surface area contributed by atoms with E-state index < -0.39 is 5.97 Å². The Morgan fingerprint density at radius 2 is 2.33 bits per heavy atom. The van der Waals surface area contributed by atoms with Crippen LogP contribution in [0.3, 0.4) is 0 Å². The number of hydrogen-bond donors (Lipinski definition) is 1. The highest BCUT2D eigenvalue weighted by molar-refractivity contribution is 5.67. The minimum atomic E-state index is -0.774. The number of rotatable bonds is 3. The third-order valence-corrected chi connectivity index (χ3v) is 2.44. The lowest BCUT2D eigenvalue weighted by atomic mass is 10.2. The Bertz CT molecular complexity index is 502. The second kappa shape index (κ2) is 3.73. The molecule has 78 valence electrons. The first-order chi connectivity index (χ1) is 7.18. The third-order valence-electron chi connectivity index (χ3n) is 2.44. The summed E-state index contributed by atoms with van der Waals surface area (Å²) in [4.78, 5) is 14.7. The molecule has 4 heteroatoms. The molecular formula is C11H12N2O2. The standard InChI is InChI=1S/C11H12N2O2/c1-8-10-4-2-3-9(5-6-11(14)15)13(10)7-12-8/h2-4,7H,5-6H2,1H3,(H,14,15). The molecule has 1 N–H and O–H groups in total. The number of carboxylic acid groups (broad SMARTS) is 1. The van der Waals surface area contributed by atoms with Crippen LogP contribution in [0.15, 0.2) is 24.5 Å². The van der Waals surface area contributed by atoms with Gasteiger partial charge in [-0.05, 0) is 25.5 Å². The molecular weight excluding hydrogens is 192 g/mol. The zero-order chi connectivity index (χ0) is 10.8. The van der Waals surface area contributed by atoms with Gasteiger partial charge in [-0.25, -0.2) is 4.98 Å². The Morgan fingerprint density at radius 3 is 3.07 bits per heavy atom. The zero-order valence-electron chi connectivity index (χ0n) is 8.47. The predicted octanol–water partition coefficient (Wildman–Crippen LogP) is 1.66. The lowest BCUT2D eigenvalue weighted by molar-refractivity contribution is -0.136. The van der Waals surface area contributed by atoms with Crippen molar-refractivity contribution >= 4 is 11.5 Å². The van der Waals surface area contributed by atoms with Crippen LogP contribution in [0.4, 0.5) is 0 Å². The molecule has 2 aromatic rings. The number of aryl methyl sites for hydroxylation is 2. The summed E-state index contributed by atoms with van der Waals surface area (Å²) in [5, 5.41) is 8.63. The fourth-order valence-corrected chi connectivity index (χ4v) is 1.65. The van der Waals surface area contributed by atoms with Crippen molar-refractivity contribution in [2.75, 3.05) is 0 Å². The molecule has 15 heavy (non-hydrogen) atoms. The molecule has 0 radical (unpaired) electrons. The van der Waals surface area contributed by atoms with Crippen LogP contribution < -0.4 is 0 Å². The number of nitrogens with zero attached hydrogens (tertiary/aromatic N) is 2. The molecule has 0 spiro atoms. The molecule has 0 aromatic carbocycles. The molecule has 0 saturated heterocycles. The van der Waals surface area contributed by atoms with Gasteiger partial charge in [-0.1, -0.05) is 6.07 Å². The van der Waals surface area contributed by atoms with Gasteiger partial charge in [0.25, 0.3) is 0 Å². The molecule has 2 rings (SSSR count). The Balaban J connectivity index is 2.38. The molecule has 0 aliphatic rings. The summed E-state index contributed by atoms with van der Waals surface area (Å²) in [5.41, 5.74) is 2.99. The number of pyridine rings is 1. The molecule has 4 nitrogen and oxygen atoms in total. The van der Waals surface area contributed by atoms with Crippen LogP contribution in [-0.2, 0) is 11.2 Å². The average molecular weight is 204 g/mol. The van der Waals surface area contributed by atoms with Gasteiger partial charge in [0.05, 0.1) is 24.0 Å². The van der Waals surface area contributed by atoms with Crippen LogP contribution in [0.1, 0.15) is 17.8 Å². The van der Waals surface area contributed by atoms with E-state index in [1.54, 1.807) is 6.33 Å². The molecule has 0 aliphatic heterocycles. The van der Waals surface area contributed by atoms with Crippen LogP contribution in [-0.4, -0.2) is 20.5 Å². The number of carboxylic acids is 1. The molecule has 0 bridgehead atoms. The summed E-state index contributed by atoms with van der Waals surface area (Å²) in [6.07, 6.45) is 2.42. The summed E-state index contributed by atoms with van der Waals surface area (Å²) in [6.45, 7) is 1.94. The maximum absolute atomic E-state index is 10.5. The Morgan fingerprint density at radius 1 is 1.53 bits per heavy atom. The molecule has 0 fully saturated rings. The summed E-state index contributed by atoms with van der Waals surface area (Å²) < 4.78 is 1.94. The van der Waals surface area contributed by atoms with E-state index in [0.717, 1.165) is 16.9 Å². The fourth-order valence-electron chi connectivity index (χ4n) is 1.65. The van der Waals surface area contributed by atoms with Gasteiger partial charge in [0, 0.05) is 5.69 Å². The quantitative estimate of drug-likeness (QED) is 0.827. The van der Waals surface area contributed by atoms with Gasteiger partial charge in [-0.3, -0.25) is 4.79 Å². The highest BCUT2D eigenvalue weighted by atomic mass is 16.4. The van der Waals surface area contributed by atoms with E-state index in [1.807, 2.05) is 29.5 Å². The SMILES string of the molecule is Cc1ncn2c(CCC(=O)O)cccc12. The Kier molecular flexibility index (Phi) is 2.41. The van der Waals surface area contributed by atoms with E-state index in [1.165, 1.54) is 0 Å². The first kappa shape index (κ1) is 9.71. The monoisotopic (exact) mass is 204 g/mol. The summed E-state index contributed by atoms with van der Waals surface area (Å²) in [5.74, 6) is -0.774. The van der Waals surface area contributed by atoms with Gasteiger partial charge in [-0.15, -0.1) is 0 Å². The van der Waals surface area contributed by atoms with Crippen molar-refractivity contribution in [3.63, 3.8) is 0 Å². The zero-order valence-corrected chi connectivity index (χ0v) is 8.47. The largest absolute Gasteiger partial charge is 0.481 e. The third kappa shape index (κ3) is 1.83. The van der Waals surface area contributed by atoms with Crippen LogP contribution in [0, 0.1) is 6.92 Å². The lowest BCUT2D eigenvalue weighted by Crippen LogP contribution is -2.01. The van der Waals surface area contributed by atoms with Crippen LogP contribution >= 0.6 is 0 Å². The Hall–Kier alpha value is -1.84. The van der Waals surface area contributed by atoms with Crippen molar-refractivity contribution in [3.05, 3.63) is 35.9 Å². The van der Waals surface area contributed by atoms with Crippen LogP contribution in [0.25, 0.3) is 5.52 Å². The highest BCUT2D eigenvalue weighted by Gasteiger charge is 2.05. The minimum Gasteiger partial charge on any atom is -0.481 e. The van der Waals surface area contributed by atoms with Crippen LogP contribution in [0.5, 0.6) is 0 Å².